The molecule has 0 aliphatic heterocycles. The van der Waals surface area contributed by atoms with E-state index in [0.29, 0.717) is 24.5 Å². The van der Waals surface area contributed by atoms with Crippen LogP contribution < -0.4 is 9.47 Å². The fourth-order valence-electron chi connectivity index (χ4n) is 1.26. The van der Waals surface area contributed by atoms with E-state index in [-0.39, 0.29) is 0 Å². The number of benzene rings is 1. The van der Waals surface area contributed by atoms with Crippen molar-refractivity contribution >= 4 is 15.9 Å². The van der Waals surface area contributed by atoms with Crippen LogP contribution in [-0.2, 0) is 6.42 Å². The molecule has 4 heteroatoms. The molecule has 80 valence electrons. The summed E-state index contributed by atoms with van der Waals surface area (Å²) in [6.07, 6.45) is 0.713. The Morgan fingerprint density at radius 1 is 1.27 bits per heavy atom. The summed E-state index contributed by atoms with van der Waals surface area (Å²) in [5, 5.41) is 0. The average molecular weight is 270 g/mol. The van der Waals surface area contributed by atoms with Crippen molar-refractivity contribution in [2.24, 2.45) is 0 Å². The van der Waals surface area contributed by atoms with E-state index in [4.69, 9.17) is 16.0 Å². The summed E-state index contributed by atoms with van der Waals surface area (Å²) in [4.78, 5) is 3.33. The highest BCUT2D eigenvalue weighted by Gasteiger charge is 2.09. The van der Waals surface area contributed by atoms with Gasteiger partial charge in [0.15, 0.2) is 11.5 Å². The zero-order valence-electron chi connectivity index (χ0n) is 8.71. The van der Waals surface area contributed by atoms with Gasteiger partial charge in [-0.15, -0.1) is 0 Å². The van der Waals surface area contributed by atoms with Gasteiger partial charge in [-0.05, 0) is 17.7 Å². The molecule has 0 aromatic heterocycles. The molecular formula is C11H12BrNO2. The summed E-state index contributed by atoms with van der Waals surface area (Å²) in [5.41, 5.74) is 1.06. The number of rotatable bonds is 4. The van der Waals surface area contributed by atoms with Gasteiger partial charge in [-0.3, -0.25) is 0 Å². The summed E-state index contributed by atoms with van der Waals surface area (Å²) in [6, 6.07) is 3.76. The van der Waals surface area contributed by atoms with E-state index in [1.807, 2.05) is 12.1 Å². The molecule has 3 nitrogen and oxygen atoms in total. The van der Waals surface area contributed by atoms with E-state index in [9.17, 15) is 0 Å². The molecule has 0 saturated carbocycles. The predicted octanol–water partition coefficient (Wildman–Crippen LogP) is 2.93. The Morgan fingerprint density at radius 3 is 2.40 bits per heavy atom. The summed E-state index contributed by atoms with van der Waals surface area (Å²) in [5.74, 6) is 1.39. The Balaban J connectivity index is 3.03. The molecule has 0 aliphatic rings. The highest BCUT2D eigenvalue weighted by Crippen LogP contribution is 2.33. The highest BCUT2D eigenvalue weighted by atomic mass is 79.9. The van der Waals surface area contributed by atoms with Gasteiger partial charge in [0.05, 0.1) is 14.2 Å². The lowest BCUT2D eigenvalue weighted by Gasteiger charge is -2.10. The Morgan fingerprint density at radius 2 is 1.87 bits per heavy atom. The third-order valence-corrected chi connectivity index (χ3v) is 2.78. The monoisotopic (exact) mass is 269 g/mol. The molecule has 1 aromatic carbocycles. The van der Waals surface area contributed by atoms with Crippen molar-refractivity contribution in [3.8, 4) is 11.5 Å². The van der Waals surface area contributed by atoms with Crippen LogP contribution in [0.2, 0.25) is 0 Å². The third kappa shape index (κ3) is 2.87. The smallest absolute Gasteiger partial charge is 0.218 e. The van der Waals surface area contributed by atoms with Gasteiger partial charge in [-0.25, -0.2) is 6.57 Å². The predicted molar refractivity (Wildman–Crippen MR) is 62.4 cm³/mol. The lowest BCUT2D eigenvalue weighted by Crippen LogP contribution is -1.95. The Labute approximate surface area is 98.0 Å². The summed E-state index contributed by atoms with van der Waals surface area (Å²) in [6.45, 7) is 7.23. The van der Waals surface area contributed by atoms with E-state index >= 15 is 0 Å². The minimum absolute atomic E-state index is 0.480. The van der Waals surface area contributed by atoms with Gasteiger partial charge in [-0.1, -0.05) is 15.9 Å². The van der Waals surface area contributed by atoms with E-state index in [0.717, 1.165) is 10.0 Å². The summed E-state index contributed by atoms with van der Waals surface area (Å²) >= 11 is 3.44. The fraction of sp³-hybridized carbons (Fsp3) is 0.364. The first kappa shape index (κ1) is 11.9. The fourth-order valence-corrected chi connectivity index (χ4v) is 1.78. The van der Waals surface area contributed by atoms with Crippen LogP contribution >= 0.6 is 15.9 Å². The van der Waals surface area contributed by atoms with Gasteiger partial charge in [-0.2, -0.15) is 0 Å². The SMILES string of the molecule is [C-]#[N+]CCc1cc(OC)c(OC)cc1Br. The zero-order valence-corrected chi connectivity index (χ0v) is 10.3. The first-order valence-corrected chi connectivity index (χ1v) is 5.25. The van der Waals surface area contributed by atoms with Crippen LogP contribution in [0, 0.1) is 6.57 Å². The van der Waals surface area contributed by atoms with Crippen molar-refractivity contribution in [1.29, 1.82) is 0 Å². The van der Waals surface area contributed by atoms with Gasteiger partial charge in [0, 0.05) is 10.9 Å². The molecule has 0 spiro atoms. The maximum absolute atomic E-state index is 6.75. The van der Waals surface area contributed by atoms with Crippen molar-refractivity contribution < 1.29 is 9.47 Å². The number of hydrogen-bond acceptors (Lipinski definition) is 2. The number of ether oxygens (including phenoxy) is 2. The highest BCUT2D eigenvalue weighted by molar-refractivity contribution is 9.10. The molecular weight excluding hydrogens is 258 g/mol. The van der Waals surface area contributed by atoms with E-state index in [1.165, 1.54) is 0 Å². The van der Waals surface area contributed by atoms with E-state index in [2.05, 4.69) is 20.8 Å². The quantitative estimate of drug-likeness (QED) is 0.785. The molecule has 0 heterocycles. The normalized spacial score (nSPS) is 9.47. The molecule has 0 N–H and O–H groups in total. The second kappa shape index (κ2) is 5.62. The van der Waals surface area contributed by atoms with Crippen LogP contribution in [0.15, 0.2) is 16.6 Å². The minimum atomic E-state index is 0.480. The molecule has 0 atom stereocenters. The molecule has 1 rings (SSSR count). The lowest BCUT2D eigenvalue weighted by molar-refractivity contribution is 0.354. The van der Waals surface area contributed by atoms with Gasteiger partial charge in [0.2, 0.25) is 6.54 Å². The van der Waals surface area contributed by atoms with Crippen LogP contribution in [-0.4, -0.2) is 20.8 Å². The Bertz CT molecular complexity index is 385. The number of methoxy groups -OCH3 is 2. The van der Waals surface area contributed by atoms with Crippen molar-refractivity contribution in [1.82, 2.24) is 0 Å². The Kier molecular flexibility index (Phi) is 4.44. The maximum Gasteiger partial charge on any atom is 0.218 e. The van der Waals surface area contributed by atoms with Gasteiger partial charge < -0.3 is 14.3 Å². The molecule has 15 heavy (non-hydrogen) atoms. The molecule has 1 aromatic rings. The zero-order chi connectivity index (χ0) is 11.3. The van der Waals surface area contributed by atoms with Gasteiger partial charge >= 0.3 is 0 Å². The molecule has 0 fully saturated rings. The summed E-state index contributed by atoms with van der Waals surface area (Å²) < 4.78 is 11.3. The molecule has 0 bridgehead atoms. The van der Waals surface area contributed by atoms with E-state index < -0.39 is 0 Å². The molecule has 0 amide bonds. The largest absolute Gasteiger partial charge is 0.493 e. The second-order valence-electron chi connectivity index (χ2n) is 2.93. The molecule has 0 aliphatic carbocycles. The number of nitrogens with zero attached hydrogens (tertiary/aromatic N) is 1. The number of halogens is 1. The van der Waals surface area contributed by atoms with Crippen molar-refractivity contribution in [2.75, 3.05) is 20.8 Å². The molecule has 0 radical (unpaired) electrons. The van der Waals surface area contributed by atoms with Crippen LogP contribution in [0.25, 0.3) is 4.85 Å². The Hall–Kier alpha value is -1.21. The minimum Gasteiger partial charge on any atom is -0.493 e. The van der Waals surface area contributed by atoms with Gasteiger partial charge in [0.1, 0.15) is 0 Å². The van der Waals surface area contributed by atoms with Crippen LogP contribution in [0.1, 0.15) is 5.56 Å². The van der Waals surface area contributed by atoms with Crippen molar-refractivity contribution in [2.45, 2.75) is 6.42 Å². The summed E-state index contributed by atoms with van der Waals surface area (Å²) in [7, 11) is 3.20. The third-order valence-electron chi connectivity index (χ3n) is 2.05. The molecule has 0 saturated heterocycles. The van der Waals surface area contributed by atoms with Crippen molar-refractivity contribution in [3.05, 3.63) is 33.6 Å². The second-order valence-corrected chi connectivity index (χ2v) is 3.78. The lowest BCUT2D eigenvalue weighted by atomic mass is 10.1. The standard InChI is InChI=1S/C11H12BrNO2/c1-13-5-4-8-6-10(14-2)11(15-3)7-9(8)12/h6-7H,4-5H2,2-3H3. The molecule has 0 unspecified atom stereocenters. The first-order chi connectivity index (χ1) is 7.22. The van der Waals surface area contributed by atoms with Crippen molar-refractivity contribution in [3.63, 3.8) is 0 Å². The van der Waals surface area contributed by atoms with Crippen LogP contribution in [0.5, 0.6) is 11.5 Å². The van der Waals surface area contributed by atoms with Crippen LogP contribution in [0.3, 0.4) is 0 Å². The number of hydrogen-bond donors (Lipinski definition) is 0. The maximum atomic E-state index is 6.75. The van der Waals surface area contributed by atoms with Gasteiger partial charge in [0.25, 0.3) is 0 Å². The first-order valence-electron chi connectivity index (χ1n) is 4.46. The van der Waals surface area contributed by atoms with E-state index in [1.54, 1.807) is 14.2 Å². The van der Waals surface area contributed by atoms with Crippen LogP contribution in [0.4, 0.5) is 0 Å². The topological polar surface area (TPSA) is 22.8 Å². The average Bonchev–Trinajstić information content (AvgIpc) is 2.27.